The van der Waals surface area contributed by atoms with Crippen LogP contribution in [-0.2, 0) is 17.1 Å². The molecule has 3 aromatic rings. The number of nitrogens with zero attached hydrogens (tertiary/aromatic N) is 2. The number of hydrogen-bond acceptors (Lipinski definition) is 3. The average Bonchev–Trinajstić information content (AvgIpc) is 2.99. The number of aromatic nitrogens is 1. The van der Waals surface area contributed by atoms with Crippen LogP contribution in [0.5, 0.6) is 0 Å². The molecule has 2 heterocycles. The summed E-state index contributed by atoms with van der Waals surface area (Å²) >= 11 is 0. The summed E-state index contributed by atoms with van der Waals surface area (Å²) in [6, 6.07) is 17.9. The zero-order valence-electron chi connectivity index (χ0n) is 15.7. The molecule has 5 nitrogen and oxygen atoms in total. The number of carbonyl (C=O) groups is 1. The van der Waals surface area contributed by atoms with Gasteiger partial charge in [0.1, 0.15) is 0 Å². The fourth-order valence-corrected chi connectivity index (χ4v) is 4.76. The van der Waals surface area contributed by atoms with Crippen LogP contribution < -0.4 is 0 Å². The van der Waals surface area contributed by atoms with Gasteiger partial charge in [-0.15, -0.1) is 0 Å². The van der Waals surface area contributed by atoms with E-state index >= 15 is 0 Å². The van der Waals surface area contributed by atoms with Crippen molar-refractivity contribution >= 4 is 21.5 Å². The molecule has 1 aliphatic heterocycles. The second kappa shape index (κ2) is 6.80. The third-order valence-corrected chi connectivity index (χ3v) is 6.70. The predicted molar refractivity (Wildman–Crippen MR) is 108 cm³/mol. The maximum Gasteiger partial charge on any atom is 0.270 e. The van der Waals surface area contributed by atoms with E-state index in [9.17, 15) is 13.2 Å². The Labute approximate surface area is 164 Å². The largest absolute Gasteiger partial charge is 0.350 e. The van der Waals surface area contributed by atoms with Crippen molar-refractivity contribution in [2.45, 2.75) is 11.8 Å². The van der Waals surface area contributed by atoms with Crippen molar-refractivity contribution in [3.63, 3.8) is 0 Å². The quantitative estimate of drug-likeness (QED) is 0.684. The first-order valence-corrected chi connectivity index (χ1v) is 10.4. The van der Waals surface area contributed by atoms with Gasteiger partial charge in [-0.2, -0.15) is 0 Å². The first kappa shape index (κ1) is 18.3. The molecule has 0 aliphatic carbocycles. The number of aryl methyl sites for hydroxylation is 2. The van der Waals surface area contributed by atoms with Gasteiger partial charge in [0.05, 0.1) is 22.7 Å². The molecule has 0 bridgehead atoms. The lowest BCUT2D eigenvalue weighted by Crippen LogP contribution is -2.36. The van der Waals surface area contributed by atoms with Crippen molar-refractivity contribution in [2.24, 2.45) is 7.05 Å². The summed E-state index contributed by atoms with van der Waals surface area (Å²) in [5.41, 5.74) is 3.84. The molecule has 0 unspecified atom stereocenters. The highest BCUT2D eigenvalue weighted by molar-refractivity contribution is 7.89. The Morgan fingerprint density at radius 1 is 0.929 bits per heavy atom. The van der Waals surface area contributed by atoms with Gasteiger partial charge in [-0.3, -0.25) is 4.79 Å². The monoisotopic (exact) mass is 392 g/mol. The second-order valence-corrected chi connectivity index (χ2v) is 8.69. The summed E-state index contributed by atoms with van der Waals surface area (Å²) in [5, 5.41) is 0. The van der Waals surface area contributed by atoms with Crippen LogP contribution in [0.1, 0.15) is 27.2 Å². The zero-order chi connectivity index (χ0) is 19.9. The summed E-state index contributed by atoms with van der Waals surface area (Å²) < 4.78 is 29.2. The number of carbonyl (C=O) groups excluding carboxylic acids is 1. The molecule has 1 amide bonds. The van der Waals surface area contributed by atoms with Gasteiger partial charge in [0.2, 0.25) is 0 Å². The van der Waals surface area contributed by atoms with Gasteiger partial charge in [0.15, 0.2) is 0 Å². The fraction of sp³-hybridized carbons (Fsp3) is 0.136. The topological polar surface area (TPSA) is 59.4 Å². The van der Waals surface area contributed by atoms with Crippen LogP contribution in [0.3, 0.4) is 0 Å². The highest BCUT2D eigenvalue weighted by Gasteiger charge is 2.34. The Morgan fingerprint density at radius 3 is 2.29 bits per heavy atom. The first-order valence-electron chi connectivity index (χ1n) is 8.94. The predicted octanol–water partition coefficient (Wildman–Crippen LogP) is 3.61. The lowest BCUT2D eigenvalue weighted by molar-refractivity contribution is 0.0872. The van der Waals surface area contributed by atoms with E-state index in [-0.39, 0.29) is 11.4 Å². The highest BCUT2D eigenvalue weighted by atomic mass is 32.2. The molecule has 0 radical (unpaired) electrons. The molecule has 4 rings (SSSR count). The minimum atomic E-state index is -3.96. The van der Waals surface area contributed by atoms with Gasteiger partial charge in [-0.25, -0.2) is 12.7 Å². The van der Waals surface area contributed by atoms with Crippen LogP contribution >= 0.6 is 0 Å². The van der Waals surface area contributed by atoms with Crippen LogP contribution in [0.2, 0.25) is 0 Å². The van der Waals surface area contributed by atoms with Crippen LogP contribution in [0.4, 0.5) is 0 Å². The molecule has 142 valence electrons. The summed E-state index contributed by atoms with van der Waals surface area (Å²) in [5.74, 6) is -0.515. The van der Waals surface area contributed by atoms with E-state index in [0.717, 1.165) is 26.7 Å². The van der Waals surface area contributed by atoms with E-state index in [1.807, 2.05) is 54.9 Å². The van der Waals surface area contributed by atoms with E-state index in [0.29, 0.717) is 5.56 Å². The molecule has 28 heavy (non-hydrogen) atoms. The van der Waals surface area contributed by atoms with Crippen molar-refractivity contribution in [3.05, 3.63) is 95.3 Å². The summed E-state index contributed by atoms with van der Waals surface area (Å²) in [6.07, 6.45) is 3.59. The fourth-order valence-electron chi connectivity index (χ4n) is 3.44. The zero-order valence-corrected chi connectivity index (χ0v) is 16.5. The number of rotatable bonds is 3. The smallest absolute Gasteiger partial charge is 0.270 e. The number of hydrogen-bond donors (Lipinski definition) is 0. The van der Waals surface area contributed by atoms with E-state index in [1.54, 1.807) is 24.4 Å². The Hall–Kier alpha value is -3.12. The molecular weight excluding hydrogens is 372 g/mol. The minimum absolute atomic E-state index is 0.0199. The molecule has 0 atom stereocenters. The standard InChI is InChI=1S/C22H20N2O3S/c1-16-8-10-18(11-9-16)28(26,27)24-15-13-19(17-6-4-3-5-7-17)21-20(22(24)25)12-14-23(21)2/h3-14H,15H2,1-2H3. The SMILES string of the molecule is Cc1ccc(S(=O)(=O)N2CC=C(c3ccccc3)c3c(ccn3C)C2=O)cc1. The van der Waals surface area contributed by atoms with Gasteiger partial charge in [-0.1, -0.05) is 54.1 Å². The van der Waals surface area contributed by atoms with Gasteiger partial charge in [0.25, 0.3) is 15.9 Å². The van der Waals surface area contributed by atoms with Gasteiger partial charge < -0.3 is 4.57 Å². The third kappa shape index (κ3) is 2.96. The maximum absolute atomic E-state index is 13.2. The van der Waals surface area contributed by atoms with Crippen LogP contribution in [-0.4, -0.2) is 29.7 Å². The molecule has 0 saturated heterocycles. The summed E-state index contributed by atoms with van der Waals surface area (Å²) in [4.78, 5) is 13.3. The normalized spacial score (nSPS) is 14.4. The molecule has 1 aliphatic rings. The lowest BCUT2D eigenvalue weighted by Gasteiger charge is -2.20. The van der Waals surface area contributed by atoms with Crippen molar-refractivity contribution < 1.29 is 13.2 Å². The minimum Gasteiger partial charge on any atom is -0.350 e. The Kier molecular flexibility index (Phi) is 4.43. The van der Waals surface area contributed by atoms with Crippen molar-refractivity contribution in [1.82, 2.24) is 8.87 Å². The maximum atomic E-state index is 13.2. The number of fused-ring (bicyclic) bond motifs is 1. The van der Waals surface area contributed by atoms with Crippen molar-refractivity contribution in [3.8, 4) is 0 Å². The molecule has 6 heteroatoms. The number of benzene rings is 2. The summed E-state index contributed by atoms with van der Waals surface area (Å²) in [6.45, 7) is 1.87. The molecule has 0 spiro atoms. The van der Waals surface area contributed by atoms with Crippen LogP contribution in [0, 0.1) is 6.92 Å². The third-order valence-electron chi connectivity index (χ3n) is 4.94. The van der Waals surface area contributed by atoms with E-state index in [2.05, 4.69) is 0 Å². The van der Waals surface area contributed by atoms with Crippen molar-refractivity contribution in [1.29, 1.82) is 0 Å². The lowest BCUT2D eigenvalue weighted by atomic mass is 10.00. The van der Waals surface area contributed by atoms with Crippen LogP contribution in [0.15, 0.2) is 77.8 Å². The van der Waals surface area contributed by atoms with E-state index < -0.39 is 15.9 Å². The molecule has 1 aromatic heterocycles. The first-order chi connectivity index (χ1) is 13.4. The highest BCUT2D eigenvalue weighted by Crippen LogP contribution is 2.32. The Bertz CT molecular complexity index is 1170. The van der Waals surface area contributed by atoms with Crippen molar-refractivity contribution in [2.75, 3.05) is 6.54 Å². The molecule has 0 fully saturated rings. The van der Waals surface area contributed by atoms with Gasteiger partial charge >= 0.3 is 0 Å². The number of amides is 1. The average molecular weight is 392 g/mol. The Balaban J connectivity index is 1.86. The van der Waals surface area contributed by atoms with Gasteiger partial charge in [0, 0.05) is 18.8 Å². The van der Waals surface area contributed by atoms with Crippen LogP contribution in [0.25, 0.3) is 5.57 Å². The molecule has 2 aromatic carbocycles. The molecular formula is C22H20N2O3S. The molecule has 0 N–H and O–H groups in total. The summed E-state index contributed by atoms with van der Waals surface area (Å²) in [7, 11) is -2.11. The van der Waals surface area contributed by atoms with E-state index in [1.165, 1.54) is 12.1 Å². The number of sulfonamides is 1. The van der Waals surface area contributed by atoms with E-state index in [4.69, 9.17) is 0 Å². The van der Waals surface area contributed by atoms with Gasteiger partial charge in [-0.05, 0) is 30.7 Å². The second-order valence-electron chi connectivity index (χ2n) is 6.83. The molecule has 0 saturated carbocycles. The Morgan fingerprint density at radius 2 is 1.61 bits per heavy atom.